The Morgan fingerprint density at radius 1 is 1.25 bits per heavy atom. The lowest BCUT2D eigenvalue weighted by molar-refractivity contribution is -0.384. The first kappa shape index (κ1) is 23.6. The van der Waals surface area contributed by atoms with Crippen LogP contribution in [0.5, 0.6) is 0 Å². The zero-order chi connectivity index (χ0) is 23.1. The fraction of sp³-hybridized carbons (Fsp3) is 0.286. The SMILES string of the molecule is CCOC(=O)Cn1c(=NC(=O)CCCSc2ccc(F)cc2)sc2ccc([N+](=O)[O-])cc21. The number of halogens is 1. The first-order chi connectivity index (χ1) is 15.4. The van der Waals surface area contributed by atoms with Crippen molar-refractivity contribution in [2.24, 2.45) is 4.99 Å². The minimum atomic E-state index is -0.525. The third kappa shape index (κ3) is 6.24. The van der Waals surface area contributed by atoms with Crippen molar-refractivity contribution in [1.29, 1.82) is 0 Å². The Hall–Kier alpha value is -3.05. The minimum absolute atomic E-state index is 0.122. The van der Waals surface area contributed by atoms with Gasteiger partial charge in [0.05, 0.1) is 21.7 Å². The molecule has 8 nitrogen and oxygen atoms in total. The molecule has 0 radical (unpaired) electrons. The van der Waals surface area contributed by atoms with E-state index in [-0.39, 0.29) is 41.8 Å². The summed E-state index contributed by atoms with van der Waals surface area (Å²) in [6, 6.07) is 10.4. The third-order valence-electron chi connectivity index (χ3n) is 4.31. The Morgan fingerprint density at radius 2 is 2.00 bits per heavy atom. The fourth-order valence-corrected chi connectivity index (χ4v) is 4.73. The molecular formula is C21H20FN3O5S2. The zero-order valence-electron chi connectivity index (χ0n) is 17.2. The number of carbonyl (C=O) groups is 2. The molecule has 2 aromatic carbocycles. The Balaban J connectivity index is 1.77. The van der Waals surface area contributed by atoms with Gasteiger partial charge in [-0.25, -0.2) is 4.39 Å². The van der Waals surface area contributed by atoms with Crippen molar-refractivity contribution in [3.63, 3.8) is 0 Å². The van der Waals surface area contributed by atoms with Crippen LogP contribution in [0.1, 0.15) is 19.8 Å². The first-order valence-corrected chi connectivity index (χ1v) is 11.6. The van der Waals surface area contributed by atoms with Crippen LogP contribution in [0, 0.1) is 15.9 Å². The number of amides is 1. The Kier molecular flexibility index (Phi) is 8.12. The number of benzene rings is 2. The van der Waals surface area contributed by atoms with E-state index < -0.39 is 10.9 Å². The van der Waals surface area contributed by atoms with Gasteiger partial charge in [-0.3, -0.25) is 19.7 Å². The zero-order valence-corrected chi connectivity index (χ0v) is 18.8. The van der Waals surface area contributed by atoms with E-state index >= 15 is 0 Å². The van der Waals surface area contributed by atoms with Gasteiger partial charge in [0.25, 0.3) is 5.69 Å². The van der Waals surface area contributed by atoms with Gasteiger partial charge in [0, 0.05) is 23.4 Å². The van der Waals surface area contributed by atoms with E-state index in [1.165, 1.54) is 51.9 Å². The number of carbonyl (C=O) groups excluding carboxylic acids is 2. The summed E-state index contributed by atoms with van der Waals surface area (Å²) < 4.78 is 20.1. The van der Waals surface area contributed by atoms with Crippen LogP contribution in [0.25, 0.3) is 10.2 Å². The Bertz CT molecular complexity index is 1200. The van der Waals surface area contributed by atoms with E-state index in [1.54, 1.807) is 25.1 Å². The van der Waals surface area contributed by atoms with Crippen LogP contribution in [-0.4, -0.2) is 33.7 Å². The number of non-ortho nitro benzene ring substituents is 1. The van der Waals surface area contributed by atoms with Crippen molar-refractivity contribution >= 4 is 50.9 Å². The van der Waals surface area contributed by atoms with Gasteiger partial charge < -0.3 is 9.30 Å². The van der Waals surface area contributed by atoms with Gasteiger partial charge in [0.2, 0.25) is 5.91 Å². The highest BCUT2D eigenvalue weighted by Crippen LogP contribution is 2.23. The molecule has 0 aliphatic carbocycles. The largest absolute Gasteiger partial charge is 0.465 e. The molecular weight excluding hydrogens is 457 g/mol. The molecule has 1 heterocycles. The second kappa shape index (κ2) is 11.0. The highest BCUT2D eigenvalue weighted by atomic mass is 32.2. The maximum atomic E-state index is 13.0. The van der Waals surface area contributed by atoms with Gasteiger partial charge in [-0.05, 0) is 49.4 Å². The van der Waals surface area contributed by atoms with Crippen molar-refractivity contribution < 1.29 is 23.6 Å². The maximum Gasteiger partial charge on any atom is 0.326 e. The highest BCUT2D eigenvalue weighted by molar-refractivity contribution is 7.99. The summed E-state index contributed by atoms with van der Waals surface area (Å²) >= 11 is 2.69. The molecule has 0 N–H and O–H groups in total. The van der Waals surface area contributed by atoms with Gasteiger partial charge in [-0.2, -0.15) is 4.99 Å². The average Bonchev–Trinajstić information content (AvgIpc) is 3.08. The summed E-state index contributed by atoms with van der Waals surface area (Å²) in [6.07, 6.45) is 0.764. The van der Waals surface area contributed by atoms with Crippen LogP contribution in [0.3, 0.4) is 0 Å². The minimum Gasteiger partial charge on any atom is -0.465 e. The predicted octanol–water partition coefficient (Wildman–Crippen LogP) is 4.31. The quantitative estimate of drug-likeness (QED) is 0.150. The summed E-state index contributed by atoms with van der Waals surface area (Å²) in [5.74, 6) is -0.520. The molecule has 32 heavy (non-hydrogen) atoms. The molecule has 0 bridgehead atoms. The number of ether oxygens (including phenoxy) is 1. The first-order valence-electron chi connectivity index (χ1n) is 9.76. The molecule has 11 heteroatoms. The lowest BCUT2D eigenvalue weighted by Crippen LogP contribution is -2.23. The highest BCUT2D eigenvalue weighted by Gasteiger charge is 2.15. The summed E-state index contributed by atoms with van der Waals surface area (Å²) in [7, 11) is 0. The normalized spacial score (nSPS) is 11.6. The van der Waals surface area contributed by atoms with Crippen LogP contribution in [0.4, 0.5) is 10.1 Å². The maximum absolute atomic E-state index is 13.0. The van der Waals surface area contributed by atoms with E-state index in [9.17, 15) is 24.1 Å². The molecule has 0 aliphatic heterocycles. The Labute approximate surface area is 190 Å². The van der Waals surface area contributed by atoms with Crippen LogP contribution in [0.2, 0.25) is 0 Å². The van der Waals surface area contributed by atoms with Crippen LogP contribution < -0.4 is 4.80 Å². The number of hydrogen-bond donors (Lipinski definition) is 0. The smallest absolute Gasteiger partial charge is 0.326 e. The number of hydrogen-bond acceptors (Lipinski definition) is 7. The van der Waals surface area contributed by atoms with Crippen molar-refractivity contribution in [1.82, 2.24) is 4.57 Å². The molecule has 3 aromatic rings. The second-order valence-electron chi connectivity index (χ2n) is 6.60. The molecule has 3 rings (SSSR count). The van der Waals surface area contributed by atoms with Crippen molar-refractivity contribution in [3.05, 3.63) is 63.2 Å². The molecule has 1 aromatic heterocycles. The molecule has 0 saturated heterocycles. The lowest BCUT2D eigenvalue weighted by Gasteiger charge is -2.05. The number of nitrogens with zero attached hydrogens (tertiary/aromatic N) is 3. The molecule has 0 aliphatic rings. The molecule has 0 saturated carbocycles. The average molecular weight is 478 g/mol. The Morgan fingerprint density at radius 3 is 2.69 bits per heavy atom. The van der Waals surface area contributed by atoms with E-state index in [0.717, 1.165) is 4.90 Å². The molecule has 168 valence electrons. The lowest BCUT2D eigenvalue weighted by atomic mass is 10.3. The van der Waals surface area contributed by atoms with Crippen molar-refractivity contribution in [2.75, 3.05) is 12.4 Å². The second-order valence-corrected chi connectivity index (χ2v) is 8.77. The predicted molar refractivity (Wildman–Crippen MR) is 120 cm³/mol. The van der Waals surface area contributed by atoms with Gasteiger partial charge >= 0.3 is 5.97 Å². The van der Waals surface area contributed by atoms with Crippen LogP contribution >= 0.6 is 23.1 Å². The molecule has 0 atom stereocenters. The number of nitro groups is 1. The van der Waals surface area contributed by atoms with E-state index in [4.69, 9.17) is 4.74 Å². The summed E-state index contributed by atoms with van der Waals surface area (Å²) in [5, 5.41) is 11.1. The van der Waals surface area contributed by atoms with Gasteiger partial charge in [-0.15, -0.1) is 11.8 Å². The van der Waals surface area contributed by atoms with Crippen LogP contribution in [0.15, 0.2) is 52.4 Å². The standard InChI is InChI=1S/C21H20FN3O5S2/c1-2-30-20(27)13-24-17-12-15(25(28)29)7-10-18(17)32-21(24)23-19(26)4-3-11-31-16-8-5-14(22)6-9-16/h5-10,12H,2-4,11,13H2,1H3. The molecule has 0 spiro atoms. The van der Waals surface area contributed by atoms with E-state index in [2.05, 4.69) is 4.99 Å². The molecule has 0 fully saturated rings. The number of thioether (sulfide) groups is 1. The third-order valence-corrected chi connectivity index (χ3v) is 6.46. The number of aromatic nitrogens is 1. The number of fused-ring (bicyclic) bond motifs is 1. The van der Waals surface area contributed by atoms with E-state index in [1.807, 2.05) is 0 Å². The topological polar surface area (TPSA) is 104 Å². The summed E-state index contributed by atoms with van der Waals surface area (Å²) in [4.78, 5) is 40.4. The molecule has 0 unspecified atom stereocenters. The monoisotopic (exact) mass is 477 g/mol. The van der Waals surface area contributed by atoms with E-state index in [0.29, 0.717) is 22.4 Å². The van der Waals surface area contributed by atoms with Gasteiger partial charge in [-0.1, -0.05) is 11.3 Å². The number of thiazole rings is 1. The summed E-state index contributed by atoms with van der Waals surface area (Å²) in [6.45, 7) is 1.66. The number of esters is 1. The number of nitro benzene ring substituents is 1. The molecule has 1 amide bonds. The fourth-order valence-electron chi connectivity index (χ4n) is 2.85. The van der Waals surface area contributed by atoms with Crippen molar-refractivity contribution in [3.8, 4) is 0 Å². The number of rotatable bonds is 9. The van der Waals surface area contributed by atoms with Gasteiger partial charge in [0.1, 0.15) is 12.4 Å². The van der Waals surface area contributed by atoms with Crippen molar-refractivity contribution in [2.45, 2.75) is 31.2 Å². The van der Waals surface area contributed by atoms with Gasteiger partial charge in [0.15, 0.2) is 4.80 Å². The summed E-state index contributed by atoms with van der Waals surface area (Å²) in [5.41, 5.74) is 0.319. The van der Waals surface area contributed by atoms with Crippen LogP contribution in [-0.2, 0) is 20.9 Å².